The van der Waals surface area contributed by atoms with E-state index in [4.69, 9.17) is 16.3 Å². The molecule has 0 radical (unpaired) electrons. The molecule has 2 aliphatic heterocycles. The average Bonchev–Trinajstić information content (AvgIpc) is 2.40. The van der Waals surface area contributed by atoms with Gasteiger partial charge in [-0.1, -0.05) is 0 Å². The summed E-state index contributed by atoms with van der Waals surface area (Å²) < 4.78 is 31.8. The van der Waals surface area contributed by atoms with Gasteiger partial charge in [0.15, 0.2) is 0 Å². The average molecular weight is 296 g/mol. The lowest BCUT2D eigenvalue weighted by molar-refractivity contribution is 0.0967. The summed E-state index contributed by atoms with van der Waals surface area (Å²) in [6, 6.07) is 0. The molecular formula is C12H22ClNO3S. The minimum absolute atomic E-state index is 0.137. The molecule has 0 amide bonds. The molecule has 2 rings (SSSR count). The maximum absolute atomic E-state index is 12.5. The Labute approximate surface area is 115 Å². The third-order valence-corrected chi connectivity index (χ3v) is 6.85. The summed E-state index contributed by atoms with van der Waals surface area (Å²) in [5.41, 5.74) is 0. The molecule has 0 aromatic rings. The van der Waals surface area contributed by atoms with E-state index in [2.05, 4.69) is 0 Å². The molecule has 0 spiro atoms. The molecule has 1 unspecified atom stereocenters. The Balaban J connectivity index is 1.95. The second-order valence-corrected chi connectivity index (χ2v) is 8.17. The van der Waals surface area contributed by atoms with Crippen molar-refractivity contribution in [3.8, 4) is 0 Å². The molecule has 2 heterocycles. The normalized spacial score (nSPS) is 27.2. The second kappa shape index (κ2) is 6.07. The van der Waals surface area contributed by atoms with Crippen LogP contribution in [0.4, 0.5) is 0 Å². The predicted octanol–water partition coefficient (Wildman–Crippen LogP) is 1.83. The van der Waals surface area contributed by atoms with Crippen LogP contribution in [-0.4, -0.2) is 49.7 Å². The molecule has 2 saturated heterocycles. The van der Waals surface area contributed by atoms with Gasteiger partial charge < -0.3 is 4.74 Å². The first kappa shape index (κ1) is 14.6. The maximum Gasteiger partial charge on any atom is 0.217 e. The van der Waals surface area contributed by atoms with Crippen molar-refractivity contribution in [1.29, 1.82) is 0 Å². The lowest BCUT2D eigenvalue weighted by atomic mass is 9.95. The summed E-state index contributed by atoms with van der Waals surface area (Å²) in [5, 5.41) is -0.103. The number of nitrogens with zero attached hydrogens (tertiary/aromatic N) is 1. The fraction of sp³-hybridized carbons (Fsp3) is 1.00. The second-order valence-electron chi connectivity index (χ2n) is 5.27. The smallest absolute Gasteiger partial charge is 0.217 e. The van der Waals surface area contributed by atoms with E-state index in [-0.39, 0.29) is 10.6 Å². The number of rotatable bonds is 3. The molecule has 4 nitrogen and oxygen atoms in total. The van der Waals surface area contributed by atoms with Crippen LogP contribution in [0.25, 0.3) is 0 Å². The first-order chi connectivity index (χ1) is 8.51. The van der Waals surface area contributed by atoms with Gasteiger partial charge in [-0.3, -0.25) is 0 Å². The van der Waals surface area contributed by atoms with Crippen LogP contribution in [0.2, 0.25) is 0 Å². The van der Waals surface area contributed by atoms with E-state index in [1.165, 1.54) is 0 Å². The minimum Gasteiger partial charge on any atom is -0.381 e. The number of alkyl halides is 1. The zero-order valence-electron chi connectivity index (χ0n) is 10.8. The Morgan fingerprint density at radius 3 is 2.22 bits per heavy atom. The van der Waals surface area contributed by atoms with Crippen molar-refractivity contribution in [3.63, 3.8) is 0 Å². The Hall–Kier alpha value is 0.160. The van der Waals surface area contributed by atoms with Gasteiger partial charge >= 0.3 is 0 Å². The van der Waals surface area contributed by atoms with Crippen molar-refractivity contribution in [2.45, 2.75) is 43.2 Å². The van der Waals surface area contributed by atoms with Crippen LogP contribution < -0.4 is 0 Å². The van der Waals surface area contributed by atoms with Crippen molar-refractivity contribution >= 4 is 21.6 Å². The van der Waals surface area contributed by atoms with Crippen LogP contribution in [0.5, 0.6) is 0 Å². The molecule has 2 aliphatic rings. The van der Waals surface area contributed by atoms with Gasteiger partial charge in [-0.05, 0) is 38.5 Å². The van der Waals surface area contributed by atoms with E-state index in [0.717, 1.165) is 12.8 Å². The highest BCUT2D eigenvalue weighted by Crippen LogP contribution is 2.28. The number of hydrogen-bond donors (Lipinski definition) is 0. The number of halogens is 1. The minimum atomic E-state index is -3.12. The zero-order chi connectivity index (χ0) is 13.2. The molecule has 0 aromatic heterocycles. The number of hydrogen-bond acceptors (Lipinski definition) is 3. The number of sulfonamides is 1. The molecule has 0 aliphatic carbocycles. The Bertz CT molecular complexity index is 358. The SMILES string of the molecule is CC(Cl)C1CCN(S(=O)(=O)C2CCOCC2)CC1. The van der Waals surface area contributed by atoms with E-state index in [9.17, 15) is 8.42 Å². The molecule has 0 N–H and O–H groups in total. The third kappa shape index (κ3) is 3.18. The molecule has 0 saturated carbocycles. The van der Waals surface area contributed by atoms with Crippen LogP contribution in [-0.2, 0) is 14.8 Å². The lowest BCUT2D eigenvalue weighted by Gasteiger charge is -2.35. The van der Waals surface area contributed by atoms with Gasteiger partial charge in [0.2, 0.25) is 10.0 Å². The van der Waals surface area contributed by atoms with Gasteiger partial charge in [0.05, 0.1) is 5.25 Å². The first-order valence-electron chi connectivity index (χ1n) is 6.72. The van der Waals surface area contributed by atoms with Gasteiger partial charge in [-0.25, -0.2) is 12.7 Å². The summed E-state index contributed by atoms with van der Waals surface area (Å²) in [7, 11) is -3.12. The summed E-state index contributed by atoms with van der Waals surface area (Å²) in [6.07, 6.45) is 3.03. The molecule has 1 atom stereocenters. The molecule has 106 valence electrons. The molecule has 6 heteroatoms. The predicted molar refractivity (Wildman–Crippen MR) is 72.4 cm³/mol. The summed E-state index contributed by atoms with van der Waals surface area (Å²) in [4.78, 5) is 0. The van der Waals surface area contributed by atoms with Crippen molar-refractivity contribution in [2.24, 2.45) is 5.92 Å². The maximum atomic E-state index is 12.5. The van der Waals surface area contributed by atoms with E-state index in [0.29, 0.717) is 45.1 Å². The van der Waals surface area contributed by atoms with E-state index >= 15 is 0 Å². The largest absolute Gasteiger partial charge is 0.381 e. The molecule has 2 fully saturated rings. The Morgan fingerprint density at radius 1 is 1.17 bits per heavy atom. The topological polar surface area (TPSA) is 46.6 Å². The van der Waals surface area contributed by atoms with Gasteiger partial charge in [0.1, 0.15) is 0 Å². The third-order valence-electron chi connectivity index (χ3n) is 4.10. The van der Waals surface area contributed by atoms with Gasteiger partial charge in [-0.15, -0.1) is 11.6 Å². The van der Waals surface area contributed by atoms with Crippen molar-refractivity contribution in [1.82, 2.24) is 4.31 Å². The molecular weight excluding hydrogens is 274 g/mol. The molecule has 0 aromatic carbocycles. The molecule has 18 heavy (non-hydrogen) atoms. The van der Waals surface area contributed by atoms with Crippen LogP contribution in [0, 0.1) is 5.92 Å². The summed E-state index contributed by atoms with van der Waals surface area (Å²) in [5.74, 6) is 0.452. The van der Waals surface area contributed by atoms with Gasteiger partial charge in [0.25, 0.3) is 0 Å². The highest BCUT2D eigenvalue weighted by atomic mass is 35.5. The quantitative estimate of drug-likeness (QED) is 0.746. The standard InChI is InChI=1S/C12H22ClNO3S/c1-10(13)11-2-6-14(7-3-11)18(15,16)12-4-8-17-9-5-12/h10-12H,2-9H2,1H3. The first-order valence-corrected chi connectivity index (χ1v) is 8.66. The number of piperidine rings is 1. The Kier molecular flexibility index (Phi) is 4.92. The fourth-order valence-electron chi connectivity index (χ4n) is 2.77. The van der Waals surface area contributed by atoms with Crippen molar-refractivity contribution in [2.75, 3.05) is 26.3 Å². The van der Waals surface area contributed by atoms with E-state index < -0.39 is 10.0 Å². The number of ether oxygens (including phenoxy) is 1. The van der Waals surface area contributed by atoms with E-state index in [1.54, 1.807) is 4.31 Å². The highest BCUT2D eigenvalue weighted by molar-refractivity contribution is 7.89. The summed E-state index contributed by atoms with van der Waals surface area (Å²) in [6.45, 7) is 4.38. The monoisotopic (exact) mass is 295 g/mol. The molecule has 0 bridgehead atoms. The summed E-state index contributed by atoms with van der Waals surface area (Å²) >= 11 is 6.08. The van der Waals surface area contributed by atoms with Crippen molar-refractivity contribution in [3.05, 3.63) is 0 Å². The van der Waals surface area contributed by atoms with Gasteiger partial charge in [-0.2, -0.15) is 0 Å². The van der Waals surface area contributed by atoms with Crippen LogP contribution >= 0.6 is 11.6 Å². The van der Waals surface area contributed by atoms with E-state index in [1.807, 2.05) is 6.92 Å². The van der Waals surface area contributed by atoms with Crippen LogP contribution in [0.3, 0.4) is 0 Å². The van der Waals surface area contributed by atoms with Crippen LogP contribution in [0.1, 0.15) is 32.6 Å². The lowest BCUT2D eigenvalue weighted by Crippen LogP contribution is -2.45. The van der Waals surface area contributed by atoms with Gasteiger partial charge in [0, 0.05) is 31.7 Å². The Morgan fingerprint density at radius 2 is 1.72 bits per heavy atom. The highest BCUT2D eigenvalue weighted by Gasteiger charge is 2.36. The van der Waals surface area contributed by atoms with Crippen LogP contribution in [0.15, 0.2) is 0 Å². The fourth-order valence-corrected chi connectivity index (χ4v) is 4.96. The van der Waals surface area contributed by atoms with Crippen molar-refractivity contribution < 1.29 is 13.2 Å². The zero-order valence-corrected chi connectivity index (χ0v) is 12.4.